The van der Waals surface area contributed by atoms with Crippen LogP contribution in [-0.4, -0.2) is 45.2 Å². The van der Waals surface area contributed by atoms with Gasteiger partial charge in [0.1, 0.15) is 34.7 Å². The zero-order valence-corrected chi connectivity index (χ0v) is 91.6. The van der Waals surface area contributed by atoms with Gasteiger partial charge in [0.25, 0.3) is 0 Å². The van der Waals surface area contributed by atoms with Crippen molar-refractivity contribution >= 4 is 94.8 Å². The largest absolute Gasteiger partial charge is 0.507 e. The van der Waals surface area contributed by atoms with Crippen molar-refractivity contribution in [2.24, 2.45) is 0 Å². The summed E-state index contributed by atoms with van der Waals surface area (Å²) in [7, 11) is 0. The van der Waals surface area contributed by atoms with E-state index in [4.69, 9.17) is 29.9 Å². The fourth-order valence-electron chi connectivity index (χ4n) is 21.0. The first-order chi connectivity index (χ1) is 68.9. The minimum absolute atomic E-state index is 0. The first-order valence-corrected chi connectivity index (χ1v) is 50.5. The molecule has 6 aromatic heterocycles. The van der Waals surface area contributed by atoms with E-state index in [0.29, 0.717) is 22.8 Å². The molecule has 3 N–H and O–H groups in total. The molecule has 2 aliphatic rings. The summed E-state index contributed by atoms with van der Waals surface area (Å²) >= 11 is 0. The molecule has 0 atom stereocenters. The van der Waals surface area contributed by atoms with Crippen molar-refractivity contribution in [3.05, 3.63) is 409 Å². The molecule has 21 rings (SSSR count). The van der Waals surface area contributed by atoms with E-state index in [9.17, 15) is 15.3 Å². The quantitative estimate of drug-likeness (QED) is 0.0284. The molecule has 145 heavy (non-hydrogen) atoms. The van der Waals surface area contributed by atoms with Crippen molar-refractivity contribution in [1.82, 2.24) is 29.9 Å². The van der Waals surface area contributed by atoms with Crippen LogP contribution in [0.2, 0.25) is 0 Å². The summed E-state index contributed by atoms with van der Waals surface area (Å²) in [6.07, 6.45) is 18.8. The number of anilines is 9. The molecule has 0 amide bonds. The van der Waals surface area contributed by atoms with Crippen LogP contribution in [0.1, 0.15) is 206 Å². The van der Waals surface area contributed by atoms with Crippen LogP contribution in [0.25, 0.3) is 111 Å². The van der Waals surface area contributed by atoms with E-state index in [1.165, 1.54) is 49.7 Å². The average molecular weight is 2450 g/mol. The van der Waals surface area contributed by atoms with E-state index < -0.39 is 0 Å². The van der Waals surface area contributed by atoms with Crippen LogP contribution in [0.3, 0.4) is 0 Å². The molecule has 0 saturated carbocycles. The number of benzene rings is 13. The Balaban J connectivity index is 0.000000154. The monoisotopic (exact) mass is 2440 g/mol. The zero-order chi connectivity index (χ0) is 98.6. The standard InChI is InChI=1S/C45H40N3O.C44H40N3O.C41H44N3O.3Pt/c1-3-5-26-45(27-6-4-2)37-21-14-22-40(49)42(37)43-38(45)24-25-39(47-43)33-17-13-18-34(30-33)48(41-23-11-12-28-46-41)44-35-19-9-7-15-31(35)29-32-16-8-10-20-36(32)44;1-43(2,3)31-24-30(25-32(26-31)44(4,5)6)37-28-39(36-16-10-11-17-40(36)48)46-42-35(37)22-20-29-19-21-34(27-38(29)42)47(33-14-8-7-9-15-33)41-18-12-13-23-45-41;1-6-8-24-41(25-9-7-2)33-19-14-20-36(45)38(33)39-34(41)21-22-35(43-39)29-15-13-18-32(27-29)44(31-16-11-10-12-17-31)37-28-30(23-26-42-37)40(3,4)5;;;/h7-25,28-29,49H,3-6,26-27H2,1-2H3;7-26,28,48H,1-6H3;10-23,26,28,45H,6-9,24-25H2,1-5H3;;;/q3*-1;;;. The second-order valence-electron chi connectivity index (χ2n) is 41.1. The predicted molar refractivity (Wildman–Crippen MR) is 590 cm³/mol. The van der Waals surface area contributed by atoms with Gasteiger partial charge in [-0.1, -0.05) is 329 Å². The minimum Gasteiger partial charge on any atom is -0.507 e. The predicted octanol–water partition coefficient (Wildman–Crippen LogP) is 34.8. The van der Waals surface area contributed by atoms with Crippen molar-refractivity contribution < 1.29 is 78.5 Å². The van der Waals surface area contributed by atoms with Gasteiger partial charge in [-0.25, -0.2) is 15.0 Å². The molecular formula is C130H124N9O3Pt3-3. The smallest absolute Gasteiger partial charge is 0.136 e. The molecule has 0 fully saturated rings. The number of aromatic nitrogens is 6. The molecule has 15 heteroatoms. The Morgan fingerprint density at radius 1 is 0.303 bits per heavy atom. The van der Waals surface area contributed by atoms with Crippen LogP contribution in [0.4, 0.5) is 51.6 Å². The number of pyridine rings is 6. The number of fused-ring (bicyclic) bond motifs is 11. The normalized spacial score (nSPS) is 12.5. The molecule has 0 saturated heterocycles. The summed E-state index contributed by atoms with van der Waals surface area (Å²) in [4.78, 5) is 36.8. The fourth-order valence-corrected chi connectivity index (χ4v) is 21.0. The van der Waals surface area contributed by atoms with E-state index in [-0.39, 0.29) is 96.0 Å². The third-order valence-electron chi connectivity index (χ3n) is 28.5. The molecule has 0 radical (unpaired) electrons. The molecule has 0 spiro atoms. The molecule has 6 heterocycles. The van der Waals surface area contributed by atoms with Crippen molar-refractivity contribution in [1.29, 1.82) is 0 Å². The summed E-state index contributed by atoms with van der Waals surface area (Å²) in [5.41, 5.74) is 25.6. The molecule has 0 bridgehead atoms. The Labute approximate surface area is 898 Å². The van der Waals surface area contributed by atoms with Crippen LogP contribution in [-0.2, 0) is 90.3 Å². The SMILES string of the molecule is CC(C)(C)c1cc(-c2cc(-c3ccccc3O)nc3c2ccc2ccc(N(c4ccccc4)c4ccccn4)[c-]c23)cc(C(C)(C)C)c1.CCCCC1(CCCC)c2ccc(-c3[c-]c(N(c4ccccc4)c4cc(C(C)(C)C)ccn4)ccc3)nc2-c2c(O)cccc21.CCCCC1(CCCC)c2ccc(-c3[c-]c(N(c4ccccn4)c4c5ccccc5cc5ccccc45)ccc3)nc2-c2c(O)cccc21.[Pt].[Pt].[Pt]. The van der Waals surface area contributed by atoms with E-state index in [0.717, 1.165) is 217 Å². The second-order valence-corrected chi connectivity index (χ2v) is 41.1. The number of phenolic OH excluding ortho intramolecular Hbond substituents is 3. The fraction of sp³-hybridized carbons (Fsp3) is 0.231. The maximum Gasteiger partial charge on any atom is 0.136 e. The molecule has 2 aliphatic carbocycles. The van der Waals surface area contributed by atoms with Crippen molar-refractivity contribution in [3.63, 3.8) is 0 Å². The molecule has 12 nitrogen and oxygen atoms in total. The van der Waals surface area contributed by atoms with E-state index in [1.807, 2.05) is 104 Å². The van der Waals surface area contributed by atoms with Gasteiger partial charge in [-0.15, -0.1) is 88.6 Å². The number of hydrogen-bond donors (Lipinski definition) is 3. The third-order valence-corrected chi connectivity index (χ3v) is 28.5. The Morgan fingerprint density at radius 3 is 1.23 bits per heavy atom. The number of rotatable bonds is 25. The van der Waals surface area contributed by atoms with Gasteiger partial charge in [0.15, 0.2) is 0 Å². The average Bonchev–Trinajstić information content (AvgIpc) is 1.60. The molecule has 13 aromatic carbocycles. The maximum absolute atomic E-state index is 11.3. The van der Waals surface area contributed by atoms with Crippen LogP contribution < -0.4 is 14.7 Å². The van der Waals surface area contributed by atoms with Gasteiger partial charge in [0.2, 0.25) is 0 Å². The number of nitrogens with zero attached hydrogens (tertiary/aromatic N) is 9. The van der Waals surface area contributed by atoms with E-state index in [2.05, 4.69) is 353 Å². The number of aromatic hydroxyl groups is 3. The van der Waals surface area contributed by atoms with Gasteiger partial charge in [-0.05, 0) is 239 Å². The van der Waals surface area contributed by atoms with Gasteiger partial charge in [0.05, 0.1) is 22.8 Å². The van der Waals surface area contributed by atoms with Crippen molar-refractivity contribution in [3.8, 4) is 84.7 Å². The maximum atomic E-state index is 11.3. The minimum atomic E-state index is -0.141. The Kier molecular flexibility index (Phi) is 32.2. The molecule has 0 unspecified atom stereocenters. The molecular weight excluding hydrogens is 2320 g/mol. The second kappa shape index (κ2) is 44.7. The summed E-state index contributed by atoms with van der Waals surface area (Å²) in [6, 6.07) is 126. The number of unbranched alkanes of at least 4 members (excludes halogenated alkanes) is 4. The summed E-state index contributed by atoms with van der Waals surface area (Å²) in [5.74, 6) is 3.28. The Bertz CT molecular complexity index is 7670. The van der Waals surface area contributed by atoms with E-state index in [1.54, 1.807) is 18.2 Å². The van der Waals surface area contributed by atoms with Crippen LogP contribution in [0.15, 0.2) is 352 Å². The van der Waals surface area contributed by atoms with Crippen molar-refractivity contribution in [2.45, 2.75) is 194 Å². The number of hydrogen-bond acceptors (Lipinski definition) is 12. The van der Waals surface area contributed by atoms with Gasteiger partial charge < -0.3 is 30.0 Å². The summed E-state index contributed by atoms with van der Waals surface area (Å²) in [5, 5.41) is 41.1. The van der Waals surface area contributed by atoms with Crippen LogP contribution in [0.5, 0.6) is 17.2 Å². The van der Waals surface area contributed by atoms with Gasteiger partial charge >= 0.3 is 0 Å². The Hall–Kier alpha value is -13.3. The van der Waals surface area contributed by atoms with Crippen molar-refractivity contribution in [2.75, 3.05) is 14.7 Å². The summed E-state index contributed by atoms with van der Waals surface area (Å²) in [6.45, 7) is 29.3. The summed E-state index contributed by atoms with van der Waals surface area (Å²) < 4.78 is 0. The van der Waals surface area contributed by atoms with Crippen LogP contribution in [0, 0.1) is 18.2 Å². The number of para-hydroxylation sites is 3. The third kappa shape index (κ3) is 21.2. The zero-order valence-electron chi connectivity index (χ0n) is 84.8. The Morgan fingerprint density at radius 2 is 0.738 bits per heavy atom. The number of phenols is 3. The van der Waals surface area contributed by atoms with E-state index >= 15 is 0 Å². The van der Waals surface area contributed by atoms with Gasteiger partial charge in [0, 0.05) is 131 Å². The van der Waals surface area contributed by atoms with Crippen LogP contribution >= 0.6 is 0 Å². The first kappa shape index (κ1) is 105. The topological polar surface area (TPSA) is 148 Å². The molecule has 19 aromatic rings. The molecule has 0 aliphatic heterocycles. The van der Waals surface area contributed by atoms with Gasteiger partial charge in [-0.2, -0.15) is 0 Å². The first-order valence-electron chi connectivity index (χ1n) is 50.5. The van der Waals surface area contributed by atoms with Gasteiger partial charge in [-0.3, -0.25) is 15.0 Å². The molecule has 740 valence electrons.